The molecule has 0 amide bonds. The van der Waals surface area contributed by atoms with Crippen molar-refractivity contribution < 1.29 is 18.3 Å². The van der Waals surface area contributed by atoms with E-state index in [0.717, 1.165) is 0 Å². The van der Waals surface area contributed by atoms with Crippen molar-refractivity contribution in [3.8, 4) is 0 Å². The van der Waals surface area contributed by atoms with Crippen LogP contribution in [0.25, 0.3) is 0 Å². The molecule has 16 heavy (non-hydrogen) atoms. The molecule has 1 rings (SSSR count). The Bertz CT molecular complexity index is 302. The SMILES string of the molecule is CC(C)CCS(=O)(=O)N1CCOC(CO)C1. The Morgan fingerprint density at radius 1 is 1.50 bits per heavy atom. The molecular formula is C10H21NO4S. The number of morpholine rings is 1. The average Bonchev–Trinajstić information content (AvgIpc) is 2.27. The quantitative estimate of drug-likeness (QED) is 0.750. The van der Waals surface area contributed by atoms with Gasteiger partial charge < -0.3 is 9.84 Å². The van der Waals surface area contributed by atoms with Gasteiger partial charge in [-0.1, -0.05) is 13.8 Å². The monoisotopic (exact) mass is 251 g/mol. The Morgan fingerprint density at radius 2 is 2.19 bits per heavy atom. The highest BCUT2D eigenvalue weighted by Crippen LogP contribution is 2.13. The molecule has 0 aromatic carbocycles. The third-order valence-corrected chi connectivity index (χ3v) is 4.52. The predicted molar refractivity (Wildman–Crippen MR) is 61.6 cm³/mol. The number of hydrogen-bond acceptors (Lipinski definition) is 4. The maximum Gasteiger partial charge on any atom is 0.214 e. The summed E-state index contributed by atoms with van der Waals surface area (Å²) in [5.41, 5.74) is 0. The summed E-state index contributed by atoms with van der Waals surface area (Å²) in [6, 6.07) is 0. The van der Waals surface area contributed by atoms with Crippen LogP contribution in [0.1, 0.15) is 20.3 Å². The van der Waals surface area contributed by atoms with Crippen molar-refractivity contribution in [2.75, 3.05) is 32.1 Å². The highest BCUT2D eigenvalue weighted by molar-refractivity contribution is 7.89. The van der Waals surface area contributed by atoms with Crippen LogP contribution in [0, 0.1) is 5.92 Å². The zero-order chi connectivity index (χ0) is 12.2. The van der Waals surface area contributed by atoms with E-state index in [0.29, 0.717) is 25.5 Å². The molecular weight excluding hydrogens is 230 g/mol. The number of nitrogens with zero attached hydrogens (tertiary/aromatic N) is 1. The normalized spacial score (nSPS) is 23.9. The zero-order valence-electron chi connectivity index (χ0n) is 9.92. The second-order valence-electron chi connectivity index (χ2n) is 4.53. The third-order valence-electron chi connectivity index (χ3n) is 2.65. The standard InChI is InChI=1S/C10H21NO4S/c1-9(2)3-6-16(13,14)11-4-5-15-10(7-11)8-12/h9-10,12H,3-8H2,1-2H3. The van der Waals surface area contributed by atoms with E-state index in [4.69, 9.17) is 9.84 Å². The summed E-state index contributed by atoms with van der Waals surface area (Å²) in [6.07, 6.45) is 0.298. The maximum absolute atomic E-state index is 11.9. The van der Waals surface area contributed by atoms with Gasteiger partial charge in [0, 0.05) is 13.1 Å². The first kappa shape index (κ1) is 13.9. The second kappa shape index (κ2) is 5.95. The maximum atomic E-state index is 11.9. The number of rotatable bonds is 5. The van der Waals surface area contributed by atoms with Gasteiger partial charge in [-0.15, -0.1) is 0 Å². The lowest BCUT2D eigenvalue weighted by Crippen LogP contribution is -2.47. The molecule has 0 spiro atoms. The van der Waals surface area contributed by atoms with E-state index in [2.05, 4.69) is 0 Å². The first-order valence-electron chi connectivity index (χ1n) is 5.66. The van der Waals surface area contributed by atoms with E-state index >= 15 is 0 Å². The van der Waals surface area contributed by atoms with Crippen molar-refractivity contribution >= 4 is 10.0 Å². The van der Waals surface area contributed by atoms with Gasteiger partial charge in [0.2, 0.25) is 10.0 Å². The van der Waals surface area contributed by atoms with Gasteiger partial charge in [-0.2, -0.15) is 4.31 Å². The van der Waals surface area contributed by atoms with Crippen LogP contribution >= 0.6 is 0 Å². The summed E-state index contributed by atoms with van der Waals surface area (Å²) in [5.74, 6) is 0.562. The Balaban J connectivity index is 2.54. The molecule has 1 unspecified atom stereocenters. The molecule has 0 aromatic rings. The number of aliphatic hydroxyl groups is 1. The lowest BCUT2D eigenvalue weighted by atomic mass is 10.2. The Hall–Kier alpha value is -0.170. The van der Waals surface area contributed by atoms with Crippen LogP contribution in [0.4, 0.5) is 0 Å². The van der Waals surface area contributed by atoms with Crippen molar-refractivity contribution in [1.29, 1.82) is 0 Å². The molecule has 0 saturated carbocycles. The van der Waals surface area contributed by atoms with Gasteiger partial charge in [-0.05, 0) is 12.3 Å². The zero-order valence-corrected chi connectivity index (χ0v) is 10.7. The minimum Gasteiger partial charge on any atom is -0.394 e. The van der Waals surface area contributed by atoms with Crippen LogP contribution in [0.15, 0.2) is 0 Å². The van der Waals surface area contributed by atoms with E-state index in [-0.39, 0.29) is 25.0 Å². The predicted octanol–water partition coefficient (Wildman–Crippen LogP) is 0.0554. The van der Waals surface area contributed by atoms with Crippen LogP contribution in [-0.4, -0.2) is 56.0 Å². The van der Waals surface area contributed by atoms with Crippen LogP contribution in [0.3, 0.4) is 0 Å². The minimum absolute atomic E-state index is 0.129. The summed E-state index contributed by atoms with van der Waals surface area (Å²) in [7, 11) is -3.18. The summed E-state index contributed by atoms with van der Waals surface area (Å²) >= 11 is 0. The molecule has 1 atom stereocenters. The second-order valence-corrected chi connectivity index (χ2v) is 6.62. The molecule has 0 radical (unpaired) electrons. The molecule has 96 valence electrons. The van der Waals surface area contributed by atoms with Crippen LogP contribution in [0.2, 0.25) is 0 Å². The van der Waals surface area contributed by atoms with Crippen LogP contribution in [0.5, 0.6) is 0 Å². The summed E-state index contributed by atoms with van der Waals surface area (Å²) in [4.78, 5) is 0. The molecule has 0 bridgehead atoms. The van der Waals surface area contributed by atoms with Gasteiger partial charge in [0.05, 0.1) is 25.1 Å². The van der Waals surface area contributed by atoms with Gasteiger partial charge >= 0.3 is 0 Å². The molecule has 1 aliphatic rings. The van der Waals surface area contributed by atoms with E-state index in [1.807, 2.05) is 13.8 Å². The van der Waals surface area contributed by atoms with Crippen molar-refractivity contribution in [2.45, 2.75) is 26.4 Å². The fourth-order valence-electron chi connectivity index (χ4n) is 1.57. The van der Waals surface area contributed by atoms with E-state index in [1.54, 1.807) is 0 Å². The topological polar surface area (TPSA) is 66.8 Å². The van der Waals surface area contributed by atoms with Crippen LogP contribution < -0.4 is 0 Å². The molecule has 0 aliphatic carbocycles. The highest BCUT2D eigenvalue weighted by atomic mass is 32.2. The van der Waals surface area contributed by atoms with E-state index in [1.165, 1.54) is 4.31 Å². The molecule has 0 aromatic heterocycles. The summed E-state index contributed by atoms with van der Waals surface area (Å²) in [6.45, 7) is 4.92. The lowest BCUT2D eigenvalue weighted by molar-refractivity contribution is -0.0304. The summed E-state index contributed by atoms with van der Waals surface area (Å²) in [5, 5.41) is 8.95. The van der Waals surface area contributed by atoms with Gasteiger partial charge in [-0.25, -0.2) is 8.42 Å². The molecule has 1 aliphatic heterocycles. The van der Waals surface area contributed by atoms with Crippen molar-refractivity contribution in [3.63, 3.8) is 0 Å². The average molecular weight is 251 g/mol. The Morgan fingerprint density at radius 3 is 2.75 bits per heavy atom. The van der Waals surface area contributed by atoms with Crippen molar-refractivity contribution in [2.24, 2.45) is 5.92 Å². The number of aliphatic hydroxyl groups excluding tert-OH is 1. The van der Waals surface area contributed by atoms with Crippen LogP contribution in [-0.2, 0) is 14.8 Å². The largest absolute Gasteiger partial charge is 0.394 e. The first-order chi connectivity index (χ1) is 7.45. The lowest BCUT2D eigenvalue weighted by Gasteiger charge is -2.31. The Kier molecular flexibility index (Phi) is 5.17. The van der Waals surface area contributed by atoms with Gasteiger partial charge in [-0.3, -0.25) is 0 Å². The highest BCUT2D eigenvalue weighted by Gasteiger charge is 2.28. The van der Waals surface area contributed by atoms with Crippen molar-refractivity contribution in [3.05, 3.63) is 0 Å². The van der Waals surface area contributed by atoms with Gasteiger partial charge in [0.1, 0.15) is 0 Å². The number of sulfonamides is 1. The number of hydrogen-bond donors (Lipinski definition) is 1. The van der Waals surface area contributed by atoms with E-state index in [9.17, 15) is 8.42 Å². The number of ether oxygens (including phenoxy) is 1. The molecule has 1 fully saturated rings. The Labute approximate surface area is 97.4 Å². The molecule has 1 saturated heterocycles. The summed E-state index contributed by atoms with van der Waals surface area (Å²) < 4.78 is 30.5. The molecule has 6 heteroatoms. The van der Waals surface area contributed by atoms with Gasteiger partial charge in [0.15, 0.2) is 0 Å². The molecule has 1 N–H and O–H groups in total. The fraction of sp³-hybridized carbons (Fsp3) is 1.00. The molecule has 5 nitrogen and oxygen atoms in total. The fourth-order valence-corrected chi connectivity index (χ4v) is 3.34. The van der Waals surface area contributed by atoms with E-state index < -0.39 is 10.0 Å². The van der Waals surface area contributed by atoms with Crippen molar-refractivity contribution in [1.82, 2.24) is 4.31 Å². The molecule has 1 heterocycles. The van der Waals surface area contributed by atoms with Gasteiger partial charge in [0.25, 0.3) is 0 Å². The first-order valence-corrected chi connectivity index (χ1v) is 7.27. The minimum atomic E-state index is -3.18. The smallest absolute Gasteiger partial charge is 0.214 e. The third kappa shape index (κ3) is 4.01.